The summed E-state index contributed by atoms with van der Waals surface area (Å²) in [5.74, 6) is 0.797. The normalized spacial score (nSPS) is 12.2. The Bertz CT molecular complexity index is 746. The van der Waals surface area contributed by atoms with Crippen molar-refractivity contribution in [3.63, 3.8) is 0 Å². The van der Waals surface area contributed by atoms with Crippen molar-refractivity contribution in [2.45, 2.75) is 26.2 Å². The van der Waals surface area contributed by atoms with Gasteiger partial charge in [-0.1, -0.05) is 55.2 Å². The maximum absolute atomic E-state index is 11.8. The Kier molecular flexibility index (Phi) is 7.29. The molecule has 0 aliphatic heterocycles. The maximum atomic E-state index is 11.8. The molecule has 0 heterocycles. The number of hydrazone groups is 1. The number of benzene rings is 2. The van der Waals surface area contributed by atoms with Crippen molar-refractivity contribution in [3.05, 3.63) is 63.6 Å². The second-order valence-corrected chi connectivity index (χ2v) is 6.47. The predicted molar refractivity (Wildman–Crippen MR) is 103 cm³/mol. The van der Waals surface area contributed by atoms with Gasteiger partial charge in [0, 0.05) is 10.6 Å². The largest absolute Gasteiger partial charge is 0.484 e. The number of nitrogens with one attached hydrogen (secondary N) is 1. The molecule has 25 heavy (non-hydrogen) atoms. The molecule has 0 fully saturated rings. The van der Waals surface area contributed by atoms with Crippen molar-refractivity contribution >= 4 is 35.3 Å². The minimum Gasteiger partial charge on any atom is -0.484 e. The third-order valence-corrected chi connectivity index (χ3v) is 4.35. The van der Waals surface area contributed by atoms with Crippen LogP contribution in [0, 0.1) is 0 Å². The third kappa shape index (κ3) is 6.07. The third-order valence-electron chi connectivity index (χ3n) is 3.79. The van der Waals surface area contributed by atoms with E-state index in [1.54, 1.807) is 18.2 Å². The van der Waals surface area contributed by atoms with E-state index in [4.69, 9.17) is 27.9 Å². The van der Waals surface area contributed by atoms with Gasteiger partial charge < -0.3 is 4.74 Å². The molecule has 0 saturated carbocycles. The minimum atomic E-state index is -0.354. The number of carbonyl (C=O) groups is 1. The predicted octanol–water partition coefficient (Wildman–Crippen LogP) is 5.04. The lowest BCUT2D eigenvalue weighted by Crippen LogP contribution is -2.24. The number of nitrogens with zero attached hydrogens (tertiary/aromatic N) is 1. The van der Waals surface area contributed by atoms with E-state index in [0.29, 0.717) is 27.3 Å². The second kappa shape index (κ2) is 9.44. The van der Waals surface area contributed by atoms with Crippen LogP contribution in [0.15, 0.2) is 47.6 Å². The summed E-state index contributed by atoms with van der Waals surface area (Å²) in [6, 6.07) is 12.8. The van der Waals surface area contributed by atoms with Crippen LogP contribution in [0.2, 0.25) is 10.0 Å². The van der Waals surface area contributed by atoms with Gasteiger partial charge in [-0.05, 0) is 42.2 Å². The van der Waals surface area contributed by atoms with Crippen LogP contribution in [0.1, 0.15) is 37.3 Å². The molecule has 0 spiro atoms. The Morgan fingerprint density at radius 3 is 2.60 bits per heavy atom. The average Bonchev–Trinajstić information content (AvgIpc) is 2.61. The first kappa shape index (κ1) is 19.3. The van der Waals surface area contributed by atoms with Gasteiger partial charge >= 0.3 is 0 Å². The summed E-state index contributed by atoms with van der Waals surface area (Å²) in [5.41, 5.74) is 4.31. The van der Waals surface area contributed by atoms with Gasteiger partial charge in [-0.25, -0.2) is 5.43 Å². The van der Waals surface area contributed by atoms with Crippen molar-refractivity contribution in [3.8, 4) is 5.75 Å². The van der Waals surface area contributed by atoms with E-state index >= 15 is 0 Å². The van der Waals surface area contributed by atoms with Gasteiger partial charge in [0.25, 0.3) is 5.91 Å². The highest BCUT2D eigenvalue weighted by Crippen LogP contribution is 2.21. The van der Waals surface area contributed by atoms with Crippen molar-refractivity contribution in [2.24, 2.45) is 5.10 Å². The quantitative estimate of drug-likeness (QED) is 0.542. The summed E-state index contributed by atoms with van der Waals surface area (Å²) in [4.78, 5) is 11.8. The molecule has 4 nitrogen and oxygen atoms in total. The fourth-order valence-electron chi connectivity index (χ4n) is 2.09. The van der Waals surface area contributed by atoms with Gasteiger partial charge in [-0.15, -0.1) is 0 Å². The molecule has 2 rings (SSSR count). The topological polar surface area (TPSA) is 50.7 Å². The van der Waals surface area contributed by atoms with Gasteiger partial charge in [0.1, 0.15) is 5.75 Å². The molecule has 0 radical (unpaired) electrons. The van der Waals surface area contributed by atoms with Gasteiger partial charge in [0.15, 0.2) is 6.61 Å². The Labute approximate surface area is 157 Å². The molecule has 0 aromatic heterocycles. The van der Waals surface area contributed by atoms with Crippen LogP contribution >= 0.6 is 23.2 Å². The Morgan fingerprint density at radius 1 is 1.24 bits per heavy atom. The van der Waals surface area contributed by atoms with Crippen molar-refractivity contribution in [1.82, 2.24) is 5.43 Å². The molecule has 2 aromatic carbocycles. The van der Waals surface area contributed by atoms with Crippen LogP contribution in [0.3, 0.4) is 0 Å². The van der Waals surface area contributed by atoms with E-state index in [9.17, 15) is 4.79 Å². The standard InChI is InChI=1S/C19H20Cl2N2O2/c1-3-13(2)14-5-8-17(9-6-14)25-12-19(24)23-22-11-15-4-7-16(20)10-18(15)21/h4-11,13H,3,12H2,1-2H3,(H,23,24)/b22-11-/t13-/m0/s1. The number of halogens is 2. The Hall–Kier alpha value is -2.04. The lowest BCUT2D eigenvalue weighted by atomic mass is 9.99. The van der Waals surface area contributed by atoms with Gasteiger partial charge in [0.2, 0.25) is 0 Å². The summed E-state index contributed by atoms with van der Waals surface area (Å²) >= 11 is 11.8. The molecular weight excluding hydrogens is 359 g/mol. The van der Waals surface area contributed by atoms with Gasteiger partial charge in [-0.2, -0.15) is 5.10 Å². The maximum Gasteiger partial charge on any atom is 0.277 e. The average molecular weight is 379 g/mol. The molecule has 2 aromatic rings. The van der Waals surface area contributed by atoms with Crippen molar-refractivity contribution in [2.75, 3.05) is 6.61 Å². The SMILES string of the molecule is CC[C@H](C)c1ccc(OCC(=O)N/N=C\c2ccc(Cl)cc2Cl)cc1. The number of hydrogen-bond acceptors (Lipinski definition) is 3. The Balaban J connectivity index is 1.81. The van der Waals surface area contributed by atoms with E-state index in [-0.39, 0.29) is 12.5 Å². The fourth-order valence-corrected chi connectivity index (χ4v) is 2.55. The van der Waals surface area contributed by atoms with Crippen LogP contribution in [-0.2, 0) is 4.79 Å². The Morgan fingerprint density at radius 2 is 1.96 bits per heavy atom. The van der Waals surface area contributed by atoms with E-state index in [0.717, 1.165) is 6.42 Å². The van der Waals surface area contributed by atoms with E-state index in [1.807, 2.05) is 24.3 Å². The molecule has 0 aliphatic carbocycles. The smallest absolute Gasteiger partial charge is 0.277 e. The summed E-state index contributed by atoms with van der Waals surface area (Å²) < 4.78 is 5.45. The van der Waals surface area contributed by atoms with Crippen LogP contribution in [0.25, 0.3) is 0 Å². The van der Waals surface area contributed by atoms with Crippen LogP contribution < -0.4 is 10.2 Å². The van der Waals surface area contributed by atoms with Crippen molar-refractivity contribution in [1.29, 1.82) is 0 Å². The molecule has 0 aliphatic rings. The fraction of sp³-hybridized carbons (Fsp3) is 0.263. The zero-order chi connectivity index (χ0) is 18.2. The highest BCUT2D eigenvalue weighted by Gasteiger charge is 2.05. The number of amides is 1. The van der Waals surface area contributed by atoms with Gasteiger partial charge in [-0.3, -0.25) is 4.79 Å². The zero-order valence-corrected chi connectivity index (χ0v) is 15.6. The minimum absolute atomic E-state index is 0.117. The van der Waals surface area contributed by atoms with Crippen LogP contribution in [0.5, 0.6) is 5.75 Å². The second-order valence-electron chi connectivity index (χ2n) is 5.63. The first-order chi connectivity index (χ1) is 12.0. The molecule has 132 valence electrons. The number of carbonyl (C=O) groups excluding carboxylic acids is 1. The molecular formula is C19H20Cl2N2O2. The summed E-state index contributed by atoms with van der Waals surface area (Å²) in [5, 5.41) is 4.86. The lowest BCUT2D eigenvalue weighted by molar-refractivity contribution is -0.123. The van der Waals surface area contributed by atoms with E-state index in [2.05, 4.69) is 24.4 Å². The number of ether oxygens (including phenoxy) is 1. The monoisotopic (exact) mass is 378 g/mol. The van der Waals surface area contributed by atoms with E-state index in [1.165, 1.54) is 11.8 Å². The summed E-state index contributed by atoms with van der Waals surface area (Å²) in [6.45, 7) is 4.21. The van der Waals surface area contributed by atoms with Crippen molar-refractivity contribution < 1.29 is 9.53 Å². The van der Waals surface area contributed by atoms with Gasteiger partial charge in [0.05, 0.1) is 11.2 Å². The molecule has 1 N–H and O–H groups in total. The number of hydrogen-bond donors (Lipinski definition) is 1. The molecule has 0 unspecified atom stereocenters. The first-order valence-electron chi connectivity index (χ1n) is 7.99. The highest BCUT2D eigenvalue weighted by atomic mass is 35.5. The molecule has 6 heteroatoms. The number of rotatable bonds is 7. The van der Waals surface area contributed by atoms with Crippen LogP contribution in [-0.4, -0.2) is 18.7 Å². The molecule has 1 atom stereocenters. The first-order valence-corrected chi connectivity index (χ1v) is 8.75. The summed E-state index contributed by atoms with van der Waals surface area (Å²) in [7, 11) is 0. The molecule has 0 bridgehead atoms. The highest BCUT2D eigenvalue weighted by molar-refractivity contribution is 6.36. The zero-order valence-electron chi connectivity index (χ0n) is 14.1. The molecule has 1 amide bonds. The van der Waals surface area contributed by atoms with E-state index < -0.39 is 0 Å². The summed E-state index contributed by atoms with van der Waals surface area (Å²) in [6.07, 6.45) is 2.54. The molecule has 0 saturated heterocycles. The van der Waals surface area contributed by atoms with Crippen LogP contribution in [0.4, 0.5) is 0 Å². The lowest BCUT2D eigenvalue weighted by Gasteiger charge is -2.10.